The first-order valence-corrected chi connectivity index (χ1v) is 6.28. The summed E-state index contributed by atoms with van der Waals surface area (Å²) in [6.45, 7) is 0.532. The number of aromatic nitrogens is 2. The Hall–Kier alpha value is -1.82. The number of ether oxygens (including phenoxy) is 1. The zero-order chi connectivity index (χ0) is 13.8. The minimum absolute atomic E-state index is 0.132. The van der Waals surface area contributed by atoms with Crippen LogP contribution < -0.4 is 5.73 Å². The first-order valence-electron chi connectivity index (χ1n) is 5.74. The van der Waals surface area contributed by atoms with Crippen LogP contribution in [0.2, 0.25) is 0 Å². The summed E-state index contributed by atoms with van der Waals surface area (Å²) in [5.41, 5.74) is 6.23. The molecule has 0 atom stereocenters. The van der Waals surface area contributed by atoms with Gasteiger partial charge in [0.25, 0.3) is 0 Å². The van der Waals surface area contributed by atoms with Crippen molar-refractivity contribution in [2.75, 3.05) is 12.5 Å². The molecule has 7 heteroatoms. The molecule has 2 aromatic rings. The van der Waals surface area contributed by atoms with Gasteiger partial charge in [0.2, 0.25) is 0 Å². The minimum Gasteiger partial charge on any atom is -0.448 e. The predicted octanol–water partition coefficient (Wildman–Crippen LogP) is 2.05. The van der Waals surface area contributed by atoms with Gasteiger partial charge in [-0.2, -0.15) is 0 Å². The highest BCUT2D eigenvalue weighted by Gasteiger charge is 2.11. The lowest BCUT2D eigenvalue weighted by Crippen LogP contribution is -2.17. The third-order valence-electron chi connectivity index (χ3n) is 2.67. The van der Waals surface area contributed by atoms with E-state index in [1.807, 2.05) is 4.57 Å². The number of primary amides is 1. The van der Waals surface area contributed by atoms with Crippen molar-refractivity contribution in [3.05, 3.63) is 29.8 Å². The lowest BCUT2D eigenvalue weighted by molar-refractivity contribution is 0.152. The number of nitrogens with two attached hydrogens (primary N) is 1. The van der Waals surface area contributed by atoms with Crippen molar-refractivity contribution in [3.8, 4) is 0 Å². The normalized spacial score (nSPS) is 10.8. The molecule has 0 saturated carbocycles. The van der Waals surface area contributed by atoms with E-state index < -0.39 is 6.09 Å². The van der Waals surface area contributed by atoms with Gasteiger partial charge in [-0.1, -0.05) is 0 Å². The quantitative estimate of drug-likeness (QED) is 0.855. The third kappa shape index (κ3) is 3.14. The van der Waals surface area contributed by atoms with Crippen LogP contribution in [0, 0.1) is 5.82 Å². The maximum Gasteiger partial charge on any atom is 0.404 e. The van der Waals surface area contributed by atoms with Crippen molar-refractivity contribution in [2.24, 2.45) is 5.73 Å². The first-order chi connectivity index (χ1) is 9.11. The van der Waals surface area contributed by atoms with Crippen LogP contribution in [0.15, 0.2) is 18.2 Å². The molecule has 19 heavy (non-hydrogen) atoms. The molecular weight excluding hydrogens is 273 g/mol. The van der Waals surface area contributed by atoms with Crippen LogP contribution in [0.1, 0.15) is 5.82 Å². The molecule has 0 unspecified atom stereocenters. The molecule has 1 amide bonds. The molecule has 0 aliphatic heterocycles. The van der Waals surface area contributed by atoms with E-state index in [4.69, 9.17) is 22.1 Å². The van der Waals surface area contributed by atoms with Crippen molar-refractivity contribution in [1.82, 2.24) is 9.55 Å². The van der Waals surface area contributed by atoms with Gasteiger partial charge in [0, 0.05) is 18.4 Å². The van der Waals surface area contributed by atoms with Gasteiger partial charge in [-0.15, -0.1) is 11.6 Å². The Labute approximate surface area is 114 Å². The fraction of sp³-hybridized carbons (Fsp3) is 0.333. The second-order valence-electron chi connectivity index (χ2n) is 3.92. The lowest BCUT2D eigenvalue weighted by Gasteiger charge is -2.08. The van der Waals surface area contributed by atoms with E-state index >= 15 is 0 Å². The SMILES string of the molecule is NC(=O)OCCn1c(CCCl)nc2cc(F)ccc21. The number of amides is 1. The van der Waals surface area contributed by atoms with Crippen molar-refractivity contribution >= 4 is 28.7 Å². The van der Waals surface area contributed by atoms with Crippen molar-refractivity contribution in [1.29, 1.82) is 0 Å². The van der Waals surface area contributed by atoms with Crippen LogP contribution in [0.25, 0.3) is 11.0 Å². The fourth-order valence-corrected chi connectivity index (χ4v) is 2.08. The number of hydrogen-bond acceptors (Lipinski definition) is 3. The van der Waals surface area contributed by atoms with Crippen LogP contribution in [-0.2, 0) is 17.7 Å². The number of rotatable bonds is 5. The van der Waals surface area contributed by atoms with Crippen LogP contribution in [-0.4, -0.2) is 28.1 Å². The molecule has 0 aliphatic carbocycles. The molecule has 0 bridgehead atoms. The lowest BCUT2D eigenvalue weighted by atomic mass is 10.3. The van der Waals surface area contributed by atoms with Gasteiger partial charge >= 0.3 is 6.09 Å². The standard InChI is InChI=1S/C12H13ClFN3O2/c13-4-3-11-16-9-7-8(14)1-2-10(9)17(11)5-6-19-12(15)18/h1-2,7H,3-6H2,(H2,15,18). The van der Waals surface area contributed by atoms with E-state index in [0.29, 0.717) is 24.4 Å². The van der Waals surface area contributed by atoms with Gasteiger partial charge < -0.3 is 15.0 Å². The zero-order valence-electron chi connectivity index (χ0n) is 10.1. The molecule has 5 nitrogen and oxygen atoms in total. The zero-order valence-corrected chi connectivity index (χ0v) is 10.9. The number of fused-ring (bicyclic) bond motifs is 1. The number of nitrogens with zero attached hydrogens (tertiary/aromatic N) is 2. The monoisotopic (exact) mass is 285 g/mol. The molecule has 2 rings (SSSR count). The molecule has 2 N–H and O–H groups in total. The van der Waals surface area contributed by atoms with Gasteiger partial charge in [0.15, 0.2) is 0 Å². The van der Waals surface area contributed by atoms with Crippen LogP contribution in [0.4, 0.5) is 9.18 Å². The Morgan fingerprint density at radius 1 is 1.53 bits per heavy atom. The average molecular weight is 286 g/mol. The molecule has 1 aromatic heterocycles. The smallest absolute Gasteiger partial charge is 0.404 e. The summed E-state index contributed by atoms with van der Waals surface area (Å²) >= 11 is 5.72. The van der Waals surface area contributed by atoms with Gasteiger partial charge in [-0.25, -0.2) is 14.2 Å². The van der Waals surface area contributed by atoms with Crippen molar-refractivity contribution in [2.45, 2.75) is 13.0 Å². The number of benzene rings is 1. The highest BCUT2D eigenvalue weighted by Crippen LogP contribution is 2.18. The average Bonchev–Trinajstić information content (AvgIpc) is 2.66. The summed E-state index contributed by atoms with van der Waals surface area (Å²) in [6, 6.07) is 4.36. The van der Waals surface area contributed by atoms with Gasteiger partial charge in [0.1, 0.15) is 18.2 Å². The third-order valence-corrected chi connectivity index (χ3v) is 2.86. The van der Waals surface area contributed by atoms with E-state index in [-0.39, 0.29) is 12.4 Å². The Kier molecular flexibility index (Phi) is 4.21. The minimum atomic E-state index is -0.825. The maximum atomic E-state index is 13.2. The van der Waals surface area contributed by atoms with Crippen molar-refractivity contribution < 1.29 is 13.9 Å². The summed E-state index contributed by atoms with van der Waals surface area (Å²) in [7, 11) is 0. The second kappa shape index (κ2) is 5.88. The summed E-state index contributed by atoms with van der Waals surface area (Å²) in [6.07, 6.45) is -0.275. The Morgan fingerprint density at radius 2 is 2.32 bits per heavy atom. The molecule has 1 aromatic carbocycles. The summed E-state index contributed by atoms with van der Waals surface area (Å²) in [5.74, 6) is 0.786. The summed E-state index contributed by atoms with van der Waals surface area (Å²) < 4.78 is 19.7. The highest BCUT2D eigenvalue weighted by molar-refractivity contribution is 6.17. The number of imidazole rings is 1. The number of carbonyl (C=O) groups excluding carboxylic acids is 1. The van der Waals surface area contributed by atoms with Crippen LogP contribution in [0.5, 0.6) is 0 Å². The Bertz CT molecular complexity index is 600. The number of aryl methyl sites for hydroxylation is 1. The Morgan fingerprint density at radius 3 is 3.00 bits per heavy atom. The first kappa shape index (κ1) is 13.6. The van der Waals surface area contributed by atoms with E-state index in [2.05, 4.69) is 4.98 Å². The molecule has 1 heterocycles. The van der Waals surface area contributed by atoms with Gasteiger partial charge in [-0.05, 0) is 12.1 Å². The van der Waals surface area contributed by atoms with Crippen LogP contribution in [0.3, 0.4) is 0 Å². The van der Waals surface area contributed by atoms with Gasteiger partial charge in [0.05, 0.1) is 17.6 Å². The predicted molar refractivity (Wildman–Crippen MR) is 69.7 cm³/mol. The van der Waals surface area contributed by atoms with E-state index in [0.717, 1.165) is 11.3 Å². The molecule has 0 fully saturated rings. The number of alkyl halides is 1. The van der Waals surface area contributed by atoms with E-state index in [1.54, 1.807) is 6.07 Å². The fourth-order valence-electron chi connectivity index (χ4n) is 1.92. The molecule has 0 spiro atoms. The number of carbonyl (C=O) groups is 1. The molecule has 0 aliphatic rings. The van der Waals surface area contributed by atoms with Crippen molar-refractivity contribution in [3.63, 3.8) is 0 Å². The van der Waals surface area contributed by atoms with E-state index in [1.165, 1.54) is 12.1 Å². The van der Waals surface area contributed by atoms with Crippen LogP contribution >= 0.6 is 11.6 Å². The van der Waals surface area contributed by atoms with E-state index in [9.17, 15) is 9.18 Å². The highest BCUT2D eigenvalue weighted by atomic mass is 35.5. The molecule has 0 saturated heterocycles. The molecule has 0 radical (unpaired) electrons. The molecular formula is C12H13ClFN3O2. The summed E-state index contributed by atoms with van der Waals surface area (Å²) in [4.78, 5) is 14.9. The molecule has 102 valence electrons. The summed E-state index contributed by atoms with van der Waals surface area (Å²) in [5, 5.41) is 0. The Balaban J connectivity index is 2.31. The number of halogens is 2. The van der Waals surface area contributed by atoms with Gasteiger partial charge in [-0.3, -0.25) is 0 Å². The topological polar surface area (TPSA) is 70.1 Å². The number of hydrogen-bond donors (Lipinski definition) is 1. The second-order valence-corrected chi connectivity index (χ2v) is 4.30. The maximum absolute atomic E-state index is 13.2. The largest absolute Gasteiger partial charge is 0.448 e.